The van der Waals surface area contributed by atoms with Gasteiger partial charge in [0.25, 0.3) is 0 Å². The van der Waals surface area contributed by atoms with Crippen molar-refractivity contribution in [1.29, 1.82) is 0 Å². The quantitative estimate of drug-likeness (QED) is 0.210. The van der Waals surface area contributed by atoms with Crippen molar-refractivity contribution in [2.75, 3.05) is 0 Å². The van der Waals surface area contributed by atoms with E-state index in [1.165, 1.54) is 6.08 Å². The first-order chi connectivity index (χ1) is 2.41. The van der Waals surface area contributed by atoms with E-state index in [4.69, 9.17) is 6.58 Å². The van der Waals surface area contributed by atoms with Crippen molar-refractivity contribution in [2.45, 2.75) is 6.92 Å². The minimum atomic E-state index is 0. The van der Waals surface area contributed by atoms with Crippen molar-refractivity contribution in [3.8, 4) is 0 Å². The smallest absolute Gasteiger partial charge is 0.293 e. The number of allylic oxidation sites excluding steroid dienone is 3. The van der Waals surface area contributed by atoms with Crippen LogP contribution in [0.1, 0.15) is 6.92 Å². The van der Waals surface area contributed by atoms with Gasteiger partial charge in [-0.1, -0.05) is 6.92 Å². The van der Waals surface area contributed by atoms with Crippen molar-refractivity contribution in [1.82, 2.24) is 0 Å². The molecule has 0 spiro atoms. The molecule has 0 aliphatic rings. The van der Waals surface area contributed by atoms with Gasteiger partial charge in [-0.15, -0.1) is 0 Å². The predicted molar refractivity (Wildman–Crippen MR) is 23.7 cm³/mol. The van der Waals surface area contributed by atoms with Crippen LogP contribution in [0.5, 0.6) is 0 Å². The van der Waals surface area contributed by atoms with Gasteiger partial charge >= 0.3 is 29.6 Å². The zero-order chi connectivity index (χ0) is 4.12. The molecule has 0 bridgehead atoms. The maximum Gasteiger partial charge on any atom is 1.00 e. The van der Waals surface area contributed by atoms with Crippen molar-refractivity contribution < 1.29 is 29.6 Å². The van der Waals surface area contributed by atoms with E-state index < -0.39 is 0 Å². The van der Waals surface area contributed by atoms with Gasteiger partial charge in [0, 0.05) is 0 Å². The molecule has 0 aromatic rings. The molecule has 0 N–H and O–H groups in total. The zero-order valence-corrected chi connectivity index (χ0v) is 6.31. The molecule has 0 rings (SSSR count). The molecule has 0 heterocycles. The molecular weight excluding hydrogens is 83.0 g/mol. The third-order valence-electron chi connectivity index (χ3n) is 0.304. The summed E-state index contributed by atoms with van der Waals surface area (Å²) in [5, 5.41) is 0. The summed E-state index contributed by atoms with van der Waals surface area (Å²) in [6.45, 7) is 6.85. The normalized spacial score (nSPS) is 7.50. The average molecular weight is 90.1 g/mol. The molecule has 28 valence electrons. The summed E-state index contributed by atoms with van der Waals surface area (Å²) >= 11 is 0. The first kappa shape index (κ1) is 9.70. The van der Waals surface area contributed by atoms with Crippen molar-refractivity contribution in [3.63, 3.8) is 0 Å². The van der Waals surface area contributed by atoms with Gasteiger partial charge in [-0.25, -0.2) is 12.2 Å². The second kappa shape index (κ2) is 9.08. The molecule has 0 unspecified atom stereocenters. The Morgan fingerprint density at radius 1 is 1.50 bits per heavy atom. The molecule has 0 radical (unpaired) electrons. The Balaban J connectivity index is 0. The monoisotopic (exact) mass is 90.0 g/mol. The fraction of sp³-hybridized carbons (Fsp3) is 0.200. The molecule has 0 amide bonds. The second-order valence-electron chi connectivity index (χ2n) is 0.718. The van der Waals surface area contributed by atoms with Crippen LogP contribution in [0.4, 0.5) is 0 Å². The van der Waals surface area contributed by atoms with E-state index in [0.29, 0.717) is 0 Å². The number of hydrogen-bond acceptors (Lipinski definition) is 0. The van der Waals surface area contributed by atoms with E-state index in [9.17, 15) is 0 Å². The maximum absolute atomic E-state index is 4.93. The number of hydrogen-bond donors (Lipinski definition) is 0. The average Bonchev–Trinajstić information content (AvgIpc) is 1.41. The van der Waals surface area contributed by atoms with Crippen LogP contribution in [-0.2, 0) is 0 Å². The topological polar surface area (TPSA) is 0 Å². The van der Waals surface area contributed by atoms with Gasteiger partial charge in [-0.3, -0.25) is 6.58 Å². The molecule has 0 aliphatic carbocycles. The van der Waals surface area contributed by atoms with Crippen LogP contribution in [0.25, 0.3) is 0 Å². The largest absolute Gasteiger partial charge is 1.00 e. The Labute approximate surface area is 61.2 Å². The van der Waals surface area contributed by atoms with Gasteiger partial charge in [-0.05, 0) is 0 Å². The van der Waals surface area contributed by atoms with Crippen LogP contribution in [0.3, 0.4) is 0 Å². The van der Waals surface area contributed by atoms with E-state index in [1.807, 2.05) is 13.0 Å². The van der Waals surface area contributed by atoms with Crippen LogP contribution in [0, 0.1) is 6.58 Å². The van der Waals surface area contributed by atoms with Gasteiger partial charge in [0.05, 0.1) is 0 Å². The molecular formula is C5H7Na. The van der Waals surface area contributed by atoms with E-state index in [-0.39, 0.29) is 29.6 Å². The number of rotatable bonds is 1. The summed E-state index contributed by atoms with van der Waals surface area (Å²) in [4.78, 5) is 0. The van der Waals surface area contributed by atoms with E-state index in [2.05, 4.69) is 0 Å². The maximum atomic E-state index is 4.93. The first-order valence-corrected chi connectivity index (χ1v) is 1.58. The summed E-state index contributed by atoms with van der Waals surface area (Å²) < 4.78 is 0. The van der Waals surface area contributed by atoms with E-state index in [1.54, 1.807) is 6.08 Å². The Morgan fingerprint density at radius 3 is 2.00 bits per heavy atom. The summed E-state index contributed by atoms with van der Waals surface area (Å²) in [6, 6.07) is 0. The van der Waals surface area contributed by atoms with Crippen molar-refractivity contribution in [3.05, 3.63) is 24.8 Å². The molecule has 0 aliphatic heterocycles. The van der Waals surface area contributed by atoms with Crippen molar-refractivity contribution in [2.24, 2.45) is 0 Å². The molecule has 0 aromatic heterocycles. The fourth-order valence-electron chi connectivity index (χ4n) is 0.111. The zero-order valence-electron chi connectivity index (χ0n) is 4.31. The Morgan fingerprint density at radius 2 is 2.00 bits per heavy atom. The van der Waals surface area contributed by atoms with Crippen LogP contribution in [0.15, 0.2) is 18.2 Å². The van der Waals surface area contributed by atoms with Crippen LogP contribution in [-0.4, -0.2) is 0 Å². The standard InChI is InChI=1S/C5H7.Na/c1-3-5-4-2;/h1,3-5H,2H3;/q-1;+1/b5-4+;. The molecule has 0 aromatic carbocycles. The van der Waals surface area contributed by atoms with Crippen LogP contribution < -0.4 is 29.6 Å². The van der Waals surface area contributed by atoms with Gasteiger partial charge in [0.15, 0.2) is 0 Å². The van der Waals surface area contributed by atoms with E-state index in [0.717, 1.165) is 0 Å². The minimum absolute atomic E-state index is 0. The predicted octanol–water partition coefficient (Wildman–Crippen LogP) is -1.44. The molecule has 0 fully saturated rings. The van der Waals surface area contributed by atoms with Gasteiger partial charge in [0.2, 0.25) is 0 Å². The van der Waals surface area contributed by atoms with Crippen LogP contribution in [0.2, 0.25) is 0 Å². The molecule has 6 heavy (non-hydrogen) atoms. The van der Waals surface area contributed by atoms with Crippen LogP contribution >= 0.6 is 0 Å². The molecule has 1 heteroatoms. The first-order valence-electron chi connectivity index (χ1n) is 1.58. The molecule has 0 atom stereocenters. The summed E-state index contributed by atoms with van der Waals surface area (Å²) in [7, 11) is 0. The van der Waals surface area contributed by atoms with Gasteiger partial charge in [-0.2, -0.15) is 6.08 Å². The summed E-state index contributed by atoms with van der Waals surface area (Å²) in [5.74, 6) is 0. The third kappa shape index (κ3) is 8.82. The minimum Gasteiger partial charge on any atom is -0.293 e. The second-order valence-corrected chi connectivity index (χ2v) is 0.718. The molecule has 0 nitrogen and oxygen atoms in total. The Bertz CT molecular complexity index is 45.9. The molecule has 0 saturated carbocycles. The van der Waals surface area contributed by atoms with Gasteiger partial charge < -0.3 is 0 Å². The fourth-order valence-corrected chi connectivity index (χ4v) is 0.111. The summed E-state index contributed by atoms with van der Waals surface area (Å²) in [5.41, 5.74) is 0. The Hall–Kier alpha value is 0.480. The third-order valence-corrected chi connectivity index (χ3v) is 0.304. The Kier molecular flexibility index (Phi) is 14.7. The SMILES string of the molecule is [CH-]=C/C=C/C.[Na+]. The molecule has 0 saturated heterocycles. The van der Waals surface area contributed by atoms with Gasteiger partial charge in [0.1, 0.15) is 0 Å². The van der Waals surface area contributed by atoms with E-state index >= 15 is 0 Å². The van der Waals surface area contributed by atoms with Crippen molar-refractivity contribution >= 4 is 0 Å². The summed E-state index contributed by atoms with van der Waals surface area (Å²) in [6.07, 6.45) is 5.15.